The van der Waals surface area contributed by atoms with Crippen LogP contribution in [0.25, 0.3) is 0 Å². The van der Waals surface area contributed by atoms with E-state index >= 15 is 0 Å². The maximum atomic E-state index is 12.5. The molecule has 1 aliphatic carbocycles. The highest BCUT2D eigenvalue weighted by atomic mass is 32.2. The highest BCUT2D eigenvalue weighted by molar-refractivity contribution is 7.93. The van der Waals surface area contributed by atoms with Gasteiger partial charge in [-0.1, -0.05) is 31.0 Å². The van der Waals surface area contributed by atoms with Crippen LogP contribution in [0.4, 0.5) is 5.00 Å². The summed E-state index contributed by atoms with van der Waals surface area (Å²) in [5.41, 5.74) is 1.55. The van der Waals surface area contributed by atoms with Gasteiger partial charge in [-0.05, 0) is 43.4 Å². The molecule has 0 unspecified atom stereocenters. The molecule has 0 bridgehead atoms. The van der Waals surface area contributed by atoms with E-state index in [0.29, 0.717) is 10.6 Å². The molecule has 0 aliphatic heterocycles. The van der Waals surface area contributed by atoms with Crippen molar-refractivity contribution < 1.29 is 8.42 Å². The SMILES string of the molecule is N#Cc1c(NS(=O)(=O)c2ccccc2)sc2c1CCCCCC2. The number of fused-ring (bicyclic) bond motifs is 1. The Kier molecular flexibility index (Phi) is 4.69. The number of hydrogen-bond donors (Lipinski definition) is 1. The first kappa shape index (κ1) is 16.0. The molecule has 1 aliphatic rings. The lowest BCUT2D eigenvalue weighted by molar-refractivity contribution is 0.601. The van der Waals surface area contributed by atoms with Crippen molar-refractivity contribution in [2.24, 2.45) is 0 Å². The first-order chi connectivity index (χ1) is 11.1. The van der Waals surface area contributed by atoms with Crippen LogP contribution in [0.3, 0.4) is 0 Å². The van der Waals surface area contributed by atoms with Crippen molar-refractivity contribution in [1.82, 2.24) is 0 Å². The van der Waals surface area contributed by atoms with Gasteiger partial charge in [0.15, 0.2) is 0 Å². The van der Waals surface area contributed by atoms with Crippen molar-refractivity contribution in [3.63, 3.8) is 0 Å². The van der Waals surface area contributed by atoms with Gasteiger partial charge in [0.05, 0.1) is 10.5 Å². The minimum absolute atomic E-state index is 0.213. The quantitative estimate of drug-likeness (QED) is 0.910. The smallest absolute Gasteiger partial charge is 0.262 e. The van der Waals surface area contributed by atoms with Crippen LogP contribution in [-0.2, 0) is 22.9 Å². The predicted octanol–water partition coefficient (Wildman–Crippen LogP) is 4.08. The molecule has 120 valence electrons. The average Bonchev–Trinajstić information content (AvgIpc) is 2.83. The predicted molar refractivity (Wildman–Crippen MR) is 92.2 cm³/mol. The summed E-state index contributed by atoms with van der Waals surface area (Å²) < 4.78 is 27.6. The summed E-state index contributed by atoms with van der Waals surface area (Å²) in [4.78, 5) is 1.37. The topological polar surface area (TPSA) is 70.0 Å². The summed E-state index contributed by atoms with van der Waals surface area (Å²) in [7, 11) is -3.65. The first-order valence-electron chi connectivity index (χ1n) is 7.74. The second kappa shape index (κ2) is 6.73. The molecule has 1 aromatic heterocycles. The van der Waals surface area contributed by atoms with Crippen molar-refractivity contribution in [2.75, 3.05) is 4.72 Å². The largest absolute Gasteiger partial charge is 0.269 e. The monoisotopic (exact) mass is 346 g/mol. The number of thiophene rings is 1. The van der Waals surface area contributed by atoms with Crippen LogP contribution in [0.1, 0.15) is 41.7 Å². The zero-order valence-electron chi connectivity index (χ0n) is 12.7. The van der Waals surface area contributed by atoms with Crippen LogP contribution in [0.5, 0.6) is 0 Å². The van der Waals surface area contributed by atoms with Gasteiger partial charge in [0.1, 0.15) is 11.1 Å². The summed E-state index contributed by atoms with van der Waals surface area (Å²) >= 11 is 1.42. The third kappa shape index (κ3) is 3.41. The summed E-state index contributed by atoms with van der Waals surface area (Å²) in [6.45, 7) is 0. The normalized spacial score (nSPS) is 15.1. The van der Waals surface area contributed by atoms with Crippen LogP contribution in [0.15, 0.2) is 35.2 Å². The van der Waals surface area contributed by atoms with Gasteiger partial charge in [0, 0.05) is 4.88 Å². The van der Waals surface area contributed by atoms with E-state index in [1.807, 2.05) is 0 Å². The van der Waals surface area contributed by atoms with E-state index in [1.165, 1.54) is 24.2 Å². The lowest BCUT2D eigenvalue weighted by Crippen LogP contribution is -2.12. The molecule has 0 fully saturated rings. The Morgan fingerprint density at radius 2 is 1.74 bits per heavy atom. The second-order valence-corrected chi connectivity index (χ2v) is 8.44. The third-order valence-corrected chi connectivity index (χ3v) is 6.77. The minimum atomic E-state index is -3.65. The van der Waals surface area contributed by atoms with Gasteiger partial charge in [-0.3, -0.25) is 4.72 Å². The van der Waals surface area contributed by atoms with Crippen LogP contribution in [-0.4, -0.2) is 8.42 Å². The van der Waals surface area contributed by atoms with Gasteiger partial charge < -0.3 is 0 Å². The van der Waals surface area contributed by atoms with Gasteiger partial charge >= 0.3 is 0 Å². The van der Waals surface area contributed by atoms with Crippen molar-refractivity contribution >= 4 is 26.4 Å². The number of hydrogen-bond acceptors (Lipinski definition) is 4. The van der Waals surface area contributed by atoms with E-state index in [-0.39, 0.29) is 4.90 Å². The van der Waals surface area contributed by atoms with E-state index in [0.717, 1.165) is 36.1 Å². The Morgan fingerprint density at radius 1 is 1.04 bits per heavy atom. The van der Waals surface area contributed by atoms with Gasteiger partial charge in [0.2, 0.25) is 0 Å². The van der Waals surface area contributed by atoms with Gasteiger partial charge in [-0.15, -0.1) is 11.3 Å². The van der Waals surface area contributed by atoms with Crippen LogP contribution in [0.2, 0.25) is 0 Å². The molecule has 4 nitrogen and oxygen atoms in total. The molecule has 3 rings (SSSR count). The molecule has 0 saturated carbocycles. The summed E-state index contributed by atoms with van der Waals surface area (Å²) in [6, 6.07) is 10.5. The minimum Gasteiger partial charge on any atom is -0.269 e. The number of nitrogens with zero attached hydrogens (tertiary/aromatic N) is 1. The molecule has 6 heteroatoms. The number of benzene rings is 1. The number of nitriles is 1. The fraction of sp³-hybridized carbons (Fsp3) is 0.353. The molecule has 0 atom stereocenters. The number of aryl methyl sites for hydroxylation is 1. The molecule has 0 spiro atoms. The van der Waals surface area contributed by atoms with Crippen LogP contribution >= 0.6 is 11.3 Å². The lowest BCUT2D eigenvalue weighted by atomic mass is 9.97. The zero-order chi connectivity index (χ0) is 16.3. The Bertz CT molecular complexity index is 833. The van der Waals surface area contributed by atoms with E-state index in [4.69, 9.17) is 0 Å². The van der Waals surface area contributed by atoms with Crippen molar-refractivity contribution in [3.8, 4) is 6.07 Å². The molecule has 0 radical (unpaired) electrons. The molecular weight excluding hydrogens is 328 g/mol. The van der Waals surface area contributed by atoms with Crippen molar-refractivity contribution in [2.45, 2.75) is 43.4 Å². The lowest BCUT2D eigenvalue weighted by Gasteiger charge is -2.09. The average molecular weight is 346 g/mol. The van der Waals surface area contributed by atoms with Gasteiger partial charge in [-0.25, -0.2) is 8.42 Å². The standard InChI is InChI=1S/C17H18N2O2S2/c18-12-15-14-10-6-1-2-7-11-16(14)22-17(15)19-23(20,21)13-8-4-3-5-9-13/h3-5,8-9,19H,1-2,6-7,10-11H2. The van der Waals surface area contributed by atoms with Crippen LogP contribution < -0.4 is 4.72 Å². The van der Waals surface area contributed by atoms with Gasteiger partial charge in [-0.2, -0.15) is 5.26 Å². The molecule has 1 aromatic carbocycles. The maximum absolute atomic E-state index is 12.5. The Balaban J connectivity index is 1.97. The number of nitrogens with one attached hydrogen (secondary N) is 1. The summed E-state index contributed by atoms with van der Waals surface area (Å²) in [5, 5.41) is 9.98. The number of sulfonamides is 1. The number of rotatable bonds is 3. The Labute approximate surface area is 140 Å². The fourth-order valence-electron chi connectivity index (χ4n) is 2.89. The highest BCUT2D eigenvalue weighted by Crippen LogP contribution is 2.37. The zero-order valence-corrected chi connectivity index (χ0v) is 14.3. The third-order valence-electron chi connectivity index (χ3n) is 4.06. The fourth-order valence-corrected chi connectivity index (χ4v) is 5.46. The Hall–Kier alpha value is -1.84. The van der Waals surface area contributed by atoms with Crippen molar-refractivity contribution in [3.05, 3.63) is 46.3 Å². The van der Waals surface area contributed by atoms with E-state index in [9.17, 15) is 13.7 Å². The summed E-state index contributed by atoms with van der Waals surface area (Å²) in [5.74, 6) is 0. The maximum Gasteiger partial charge on any atom is 0.262 e. The van der Waals surface area contributed by atoms with Crippen molar-refractivity contribution in [1.29, 1.82) is 5.26 Å². The first-order valence-corrected chi connectivity index (χ1v) is 10.0. The van der Waals surface area contributed by atoms with E-state index in [2.05, 4.69) is 10.8 Å². The molecular formula is C17H18N2O2S2. The molecule has 1 N–H and O–H groups in total. The van der Waals surface area contributed by atoms with E-state index in [1.54, 1.807) is 30.3 Å². The van der Waals surface area contributed by atoms with Gasteiger partial charge in [0.25, 0.3) is 10.0 Å². The molecule has 0 saturated heterocycles. The molecule has 23 heavy (non-hydrogen) atoms. The highest BCUT2D eigenvalue weighted by Gasteiger charge is 2.23. The second-order valence-electron chi connectivity index (χ2n) is 5.65. The van der Waals surface area contributed by atoms with E-state index < -0.39 is 10.0 Å². The summed E-state index contributed by atoms with van der Waals surface area (Å²) in [6.07, 6.45) is 6.33. The molecule has 0 amide bonds. The van der Waals surface area contributed by atoms with Crippen LogP contribution in [0, 0.1) is 11.3 Å². The Morgan fingerprint density at radius 3 is 2.43 bits per heavy atom. The number of anilines is 1. The molecule has 2 aromatic rings. The molecule has 1 heterocycles.